The molecular formula is C27H27NO5. The van der Waals surface area contributed by atoms with Crippen molar-refractivity contribution in [1.29, 1.82) is 0 Å². The van der Waals surface area contributed by atoms with Gasteiger partial charge in [0.1, 0.15) is 12.4 Å². The Morgan fingerprint density at radius 3 is 2.12 bits per heavy atom. The Morgan fingerprint density at radius 2 is 1.55 bits per heavy atom. The Labute approximate surface area is 193 Å². The molecule has 0 bridgehead atoms. The lowest BCUT2D eigenvalue weighted by Crippen LogP contribution is -2.31. The van der Waals surface area contributed by atoms with Crippen LogP contribution in [0.25, 0.3) is 11.1 Å². The van der Waals surface area contributed by atoms with Crippen LogP contribution in [-0.2, 0) is 9.53 Å². The smallest absolute Gasteiger partial charge is 0.407 e. The van der Waals surface area contributed by atoms with Crippen molar-refractivity contribution >= 4 is 12.1 Å². The molecule has 0 saturated carbocycles. The Kier molecular flexibility index (Phi) is 6.93. The predicted molar refractivity (Wildman–Crippen MR) is 125 cm³/mol. The molecule has 6 heteroatoms. The third kappa shape index (κ3) is 5.17. The van der Waals surface area contributed by atoms with Crippen LogP contribution in [0, 0.1) is 0 Å². The lowest BCUT2D eigenvalue weighted by molar-refractivity contribution is -0.137. The zero-order chi connectivity index (χ0) is 23.2. The molecule has 1 atom stereocenters. The number of benzene rings is 3. The molecule has 6 nitrogen and oxygen atoms in total. The molecule has 0 fully saturated rings. The summed E-state index contributed by atoms with van der Waals surface area (Å²) in [5.41, 5.74) is 5.22. The minimum atomic E-state index is -1.01. The SMILES string of the molecule is CCCOc1ccc(C(CC(=O)O)NC(=O)OCC2c3ccccc3-c3ccccc32)cc1. The number of carboxylic acid groups (broad SMARTS) is 1. The van der Waals surface area contributed by atoms with Crippen LogP contribution in [-0.4, -0.2) is 30.4 Å². The quantitative estimate of drug-likeness (QED) is 0.452. The number of nitrogens with one attached hydrogen (secondary N) is 1. The van der Waals surface area contributed by atoms with E-state index in [1.807, 2.05) is 31.2 Å². The van der Waals surface area contributed by atoms with Crippen molar-refractivity contribution in [2.24, 2.45) is 0 Å². The summed E-state index contributed by atoms with van der Waals surface area (Å²) in [6.07, 6.45) is 0.000876. The largest absolute Gasteiger partial charge is 0.494 e. The molecule has 0 aliphatic heterocycles. The van der Waals surface area contributed by atoms with E-state index in [4.69, 9.17) is 9.47 Å². The molecule has 3 aromatic rings. The van der Waals surface area contributed by atoms with Gasteiger partial charge in [0.15, 0.2) is 0 Å². The first-order valence-electron chi connectivity index (χ1n) is 11.1. The molecule has 3 aromatic carbocycles. The molecule has 1 aliphatic rings. The molecule has 33 heavy (non-hydrogen) atoms. The molecule has 0 spiro atoms. The number of alkyl carbamates (subject to hydrolysis) is 1. The molecule has 4 rings (SSSR count). The minimum absolute atomic E-state index is 0.0592. The highest BCUT2D eigenvalue weighted by atomic mass is 16.5. The van der Waals surface area contributed by atoms with E-state index < -0.39 is 18.1 Å². The van der Waals surface area contributed by atoms with Gasteiger partial charge in [0.25, 0.3) is 0 Å². The maximum atomic E-state index is 12.6. The fourth-order valence-corrected chi connectivity index (χ4v) is 4.23. The average molecular weight is 446 g/mol. The number of rotatable bonds is 9. The van der Waals surface area contributed by atoms with Gasteiger partial charge in [-0.1, -0.05) is 67.6 Å². The molecule has 2 N–H and O–H groups in total. The molecule has 0 saturated heterocycles. The van der Waals surface area contributed by atoms with Gasteiger partial charge in [-0.2, -0.15) is 0 Å². The van der Waals surface area contributed by atoms with Crippen LogP contribution in [0.2, 0.25) is 0 Å². The van der Waals surface area contributed by atoms with E-state index in [0.29, 0.717) is 17.9 Å². The van der Waals surface area contributed by atoms with E-state index in [0.717, 1.165) is 28.7 Å². The van der Waals surface area contributed by atoms with E-state index in [9.17, 15) is 14.7 Å². The van der Waals surface area contributed by atoms with E-state index >= 15 is 0 Å². The average Bonchev–Trinajstić information content (AvgIpc) is 3.15. The van der Waals surface area contributed by atoms with E-state index in [2.05, 4.69) is 29.6 Å². The number of amides is 1. The zero-order valence-corrected chi connectivity index (χ0v) is 18.5. The van der Waals surface area contributed by atoms with Crippen LogP contribution in [0.3, 0.4) is 0 Å². The minimum Gasteiger partial charge on any atom is -0.494 e. The van der Waals surface area contributed by atoms with Crippen LogP contribution in [0.5, 0.6) is 5.75 Å². The Hall–Kier alpha value is -3.80. The summed E-state index contributed by atoms with van der Waals surface area (Å²) in [5, 5.41) is 12.0. The first-order chi connectivity index (χ1) is 16.1. The van der Waals surface area contributed by atoms with Crippen LogP contribution >= 0.6 is 0 Å². The summed E-state index contributed by atoms with van der Waals surface area (Å²) in [4.78, 5) is 24.0. The van der Waals surface area contributed by atoms with Gasteiger partial charge in [0.2, 0.25) is 0 Å². The normalized spacial score (nSPS) is 13.0. The summed E-state index contributed by atoms with van der Waals surface area (Å²) in [7, 11) is 0. The van der Waals surface area contributed by atoms with Crippen LogP contribution < -0.4 is 10.1 Å². The number of aliphatic carboxylic acids is 1. The summed E-state index contributed by atoms with van der Waals surface area (Å²) < 4.78 is 11.2. The van der Waals surface area contributed by atoms with Crippen molar-refractivity contribution in [2.45, 2.75) is 31.7 Å². The summed E-state index contributed by atoms with van der Waals surface area (Å²) >= 11 is 0. The molecule has 170 valence electrons. The number of carbonyl (C=O) groups is 2. The Balaban J connectivity index is 1.44. The maximum Gasteiger partial charge on any atom is 0.407 e. The third-order valence-electron chi connectivity index (χ3n) is 5.77. The lowest BCUT2D eigenvalue weighted by Gasteiger charge is -2.19. The molecule has 1 aliphatic carbocycles. The highest BCUT2D eigenvalue weighted by molar-refractivity contribution is 5.79. The second-order valence-corrected chi connectivity index (χ2v) is 8.04. The van der Waals surface area contributed by atoms with Gasteiger partial charge in [-0.25, -0.2) is 4.79 Å². The molecular weight excluding hydrogens is 418 g/mol. The first-order valence-corrected chi connectivity index (χ1v) is 11.1. The number of carboxylic acids is 1. The highest BCUT2D eigenvalue weighted by Crippen LogP contribution is 2.44. The lowest BCUT2D eigenvalue weighted by atomic mass is 9.98. The standard InChI is InChI=1S/C27H27NO5/c1-2-15-32-19-13-11-18(12-14-19)25(16-26(29)30)28-27(31)33-17-24-22-9-5-3-7-20(22)21-8-4-6-10-23(21)24/h3-14,24-25H,2,15-17H2,1H3,(H,28,31)(H,29,30). The second-order valence-electron chi connectivity index (χ2n) is 8.04. The summed E-state index contributed by atoms with van der Waals surface area (Å²) in [5.74, 6) is -0.364. The monoisotopic (exact) mass is 445 g/mol. The Morgan fingerprint density at radius 1 is 0.939 bits per heavy atom. The topological polar surface area (TPSA) is 84.9 Å². The highest BCUT2D eigenvalue weighted by Gasteiger charge is 2.29. The van der Waals surface area contributed by atoms with Gasteiger partial charge in [0.05, 0.1) is 19.1 Å². The Bertz CT molecular complexity index is 1080. The number of ether oxygens (including phenoxy) is 2. The number of carbonyl (C=O) groups excluding carboxylic acids is 1. The van der Waals surface area contributed by atoms with Crippen molar-refractivity contribution in [3.63, 3.8) is 0 Å². The van der Waals surface area contributed by atoms with Gasteiger partial charge >= 0.3 is 12.1 Å². The van der Waals surface area contributed by atoms with Gasteiger partial charge in [-0.15, -0.1) is 0 Å². The first kappa shape index (κ1) is 22.4. The zero-order valence-electron chi connectivity index (χ0n) is 18.5. The molecule has 0 heterocycles. The van der Waals surface area contributed by atoms with E-state index in [-0.39, 0.29) is 18.9 Å². The van der Waals surface area contributed by atoms with Crippen LogP contribution in [0.1, 0.15) is 48.4 Å². The molecule has 0 aromatic heterocycles. The van der Waals surface area contributed by atoms with Crippen molar-refractivity contribution in [3.8, 4) is 16.9 Å². The van der Waals surface area contributed by atoms with E-state index in [1.54, 1.807) is 24.3 Å². The fraction of sp³-hybridized carbons (Fsp3) is 0.259. The van der Waals surface area contributed by atoms with Gasteiger partial charge < -0.3 is 19.9 Å². The second kappa shape index (κ2) is 10.2. The third-order valence-corrected chi connectivity index (χ3v) is 5.77. The summed E-state index contributed by atoms with van der Waals surface area (Å²) in [6, 6.07) is 22.6. The predicted octanol–water partition coefficient (Wildman–Crippen LogP) is 5.53. The fourth-order valence-electron chi connectivity index (χ4n) is 4.23. The number of hydrogen-bond acceptors (Lipinski definition) is 4. The molecule has 0 radical (unpaired) electrons. The van der Waals surface area contributed by atoms with E-state index in [1.165, 1.54) is 0 Å². The van der Waals surface area contributed by atoms with Gasteiger partial charge in [-0.05, 0) is 46.4 Å². The van der Waals surface area contributed by atoms with Gasteiger partial charge in [0, 0.05) is 5.92 Å². The van der Waals surface area contributed by atoms with Crippen molar-refractivity contribution in [3.05, 3.63) is 89.5 Å². The maximum absolute atomic E-state index is 12.6. The summed E-state index contributed by atoms with van der Waals surface area (Å²) in [6.45, 7) is 2.80. The van der Waals surface area contributed by atoms with Crippen molar-refractivity contribution < 1.29 is 24.2 Å². The molecule has 1 unspecified atom stereocenters. The van der Waals surface area contributed by atoms with Crippen molar-refractivity contribution in [1.82, 2.24) is 5.32 Å². The number of hydrogen-bond donors (Lipinski definition) is 2. The molecule has 1 amide bonds. The number of fused-ring (bicyclic) bond motifs is 3. The van der Waals surface area contributed by atoms with Crippen LogP contribution in [0.15, 0.2) is 72.8 Å². The van der Waals surface area contributed by atoms with Crippen molar-refractivity contribution in [2.75, 3.05) is 13.2 Å². The van der Waals surface area contributed by atoms with Gasteiger partial charge in [-0.3, -0.25) is 4.79 Å². The van der Waals surface area contributed by atoms with Crippen LogP contribution in [0.4, 0.5) is 4.79 Å².